The van der Waals surface area contributed by atoms with E-state index in [9.17, 15) is 24.0 Å². The highest BCUT2D eigenvalue weighted by atomic mass is 32.1. The number of hydrogen-bond donors (Lipinski definition) is 7. The standard InChI is InChI=1S/C19H33N5O6S/c1-10(2)8-13(18(28)24-14(9-31)19(29)30)23-17(27)12(5-6-15(20)25)22-16(26)11-4-3-7-21-11/h10-14,21,31H,3-9H2,1-2H3,(H2,20,25)(H,22,26)(H,23,27)(H,24,28)(H,29,30). The molecule has 7 N–H and O–H groups in total. The molecule has 0 saturated carbocycles. The van der Waals surface area contributed by atoms with Crippen molar-refractivity contribution in [1.82, 2.24) is 21.3 Å². The smallest absolute Gasteiger partial charge is 0.327 e. The molecular formula is C19H33N5O6S. The van der Waals surface area contributed by atoms with E-state index in [4.69, 9.17) is 10.8 Å². The number of amides is 4. The Morgan fingerprint density at radius 2 is 1.68 bits per heavy atom. The number of carboxylic acid groups (broad SMARTS) is 1. The van der Waals surface area contributed by atoms with Crippen LogP contribution >= 0.6 is 12.6 Å². The molecule has 0 spiro atoms. The van der Waals surface area contributed by atoms with Gasteiger partial charge in [-0.2, -0.15) is 12.6 Å². The van der Waals surface area contributed by atoms with Crippen molar-refractivity contribution in [3.63, 3.8) is 0 Å². The Balaban J connectivity index is 2.90. The van der Waals surface area contributed by atoms with Crippen LogP contribution in [-0.4, -0.2) is 71.2 Å². The summed E-state index contributed by atoms with van der Waals surface area (Å²) in [5, 5.41) is 19.7. The number of rotatable bonds is 13. The van der Waals surface area contributed by atoms with Crippen molar-refractivity contribution in [3.05, 3.63) is 0 Å². The summed E-state index contributed by atoms with van der Waals surface area (Å²) >= 11 is 3.92. The molecule has 0 aromatic carbocycles. The lowest BCUT2D eigenvalue weighted by Crippen LogP contribution is -2.57. The molecule has 12 heteroatoms. The van der Waals surface area contributed by atoms with Crippen molar-refractivity contribution in [2.45, 2.75) is 70.1 Å². The zero-order valence-electron chi connectivity index (χ0n) is 17.8. The highest BCUT2D eigenvalue weighted by Crippen LogP contribution is 2.09. The number of hydrogen-bond acceptors (Lipinski definition) is 7. The lowest BCUT2D eigenvalue weighted by molar-refractivity contribution is -0.141. The van der Waals surface area contributed by atoms with Gasteiger partial charge in [-0.05, 0) is 38.1 Å². The molecular weight excluding hydrogens is 426 g/mol. The summed E-state index contributed by atoms with van der Waals surface area (Å²) in [6.07, 6.45) is 1.57. The Morgan fingerprint density at radius 1 is 1.06 bits per heavy atom. The van der Waals surface area contributed by atoms with Crippen LogP contribution in [-0.2, 0) is 24.0 Å². The van der Waals surface area contributed by atoms with Crippen LogP contribution in [0.15, 0.2) is 0 Å². The van der Waals surface area contributed by atoms with Crippen molar-refractivity contribution in [2.24, 2.45) is 11.7 Å². The molecule has 4 amide bonds. The lowest BCUT2D eigenvalue weighted by atomic mass is 10.0. The van der Waals surface area contributed by atoms with E-state index in [0.717, 1.165) is 6.42 Å². The zero-order chi connectivity index (χ0) is 23.6. The third kappa shape index (κ3) is 9.55. The highest BCUT2D eigenvalue weighted by molar-refractivity contribution is 7.80. The van der Waals surface area contributed by atoms with Gasteiger partial charge in [0.25, 0.3) is 0 Å². The third-order valence-corrected chi connectivity index (χ3v) is 5.19. The van der Waals surface area contributed by atoms with E-state index in [1.165, 1.54) is 0 Å². The summed E-state index contributed by atoms with van der Waals surface area (Å²) < 4.78 is 0. The molecule has 0 aliphatic carbocycles. The Bertz CT molecular complexity index is 668. The summed E-state index contributed by atoms with van der Waals surface area (Å²) in [5.41, 5.74) is 5.19. The molecule has 1 rings (SSSR count). The predicted octanol–water partition coefficient (Wildman–Crippen LogP) is -1.48. The molecule has 1 aliphatic rings. The minimum atomic E-state index is -1.24. The average Bonchev–Trinajstić information content (AvgIpc) is 3.22. The van der Waals surface area contributed by atoms with E-state index in [0.29, 0.717) is 13.0 Å². The van der Waals surface area contributed by atoms with Crippen LogP contribution in [0, 0.1) is 5.92 Å². The molecule has 11 nitrogen and oxygen atoms in total. The first-order chi connectivity index (χ1) is 14.5. The fourth-order valence-corrected chi connectivity index (χ4v) is 3.42. The van der Waals surface area contributed by atoms with E-state index in [2.05, 4.69) is 33.9 Å². The number of thiol groups is 1. The number of nitrogens with two attached hydrogens (primary N) is 1. The Labute approximate surface area is 187 Å². The van der Waals surface area contributed by atoms with Crippen LogP contribution in [0.3, 0.4) is 0 Å². The van der Waals surface area contributed by atoms with Crippen LogP contribution < -0.4 is 27.0 Å². The van der Waals surface area contributed by atoms with Crippen molar-refractivity contribution in [2.75, 3.05) is 12.3 Å². The lowest BCUT2D eigenvalue weighted by Gasteiger charge is -2.25. The number of primary amides is 1. The van der Waals surface area contributed by atoms with Crippen LogP contribution in [0.4, 0.5) is 0 Å². The monoisotopic (exact) mass is 459 g/mol. The maximum absolute atomic E-state index is 12.9. The first-order valence-corrected chi connectivity index (χ1v) is 10.9. The third-order valence-electron chi connectivity index (χ3n) is 4.83. The summed E-state index contributed by atoms with van der Waals surface area (Å²) in [6.45, 7) is 4.39. The fraction of sp³-hybridized carbons (Fsp3) is 0.737. The number of carbonyl (C=O) groups is 5. The van der Waals surface area contributed by atoms with E-state index >= 15 is 0 Å². The topological polar surface area (TPSA) is 180 Å². The summed E-state index contributed by atoms with van der Waals surface area (Å²) in [7, 11) is 0. The van der Waals surface area contributed by atoms with Gasteiger partial charge in [-0.25, -0.2) is 4.79 Å². The Kier molecular flexibility index (Phi) is 11.3. The zero-order valence-corrected chi connectivity index (χ0v) is 18.7. The van der Waals surface area contributed by atoms with Crippen LogP contribution in [0.5, 0.6) is 0 Å². The molecule has 1 aliphatic heterocycles. The van der Waals surface area contributed by atoms with Crippen molar-refractivity contribution >= 4 is 42.2 Å². The van der Waals surface area contributed by atoms with E-state index in [1.807, 2.05) is 13.8 Å². The van der Waals surface area contributed by atoms with Crippen LogP contribution in [0.2, 0.25) is 0 Å². The second-order valence-corrected chi connectivity index (χ2v) is 8.35. The maximum Gasteiger partial charge on any atom is 0.327 e. The van der Waals surface area contributed by atoms with Gasteiger partial charge >= 0.3 is 5.97 Å². The van der Waals surface area contributed by atoms with Gasteiger partial charge in [0.1, 0.15) is 18.1 Å². The SMILES string of the molecule is CC(C)CC(NC(=O)C(CCC(N)=O)NC(=O)C1CCCN1)C(=O)NC(CS)C(=O)O. The highest BCUT2D eigenvalue weighted by Gasteiger charge is 2.31. The molecule has 4 atom stereocenters. The van der Waals surface area contributed by atoms with E-state index in [-0.39, 0.29) is 36.8 Å². The number of aliphatic carboxylic acids is 1. The molecule has 176 valence electrons. The van der Waals surface area contributed by atoms with Gasteiger partial charge in [0.2, 0.25) is 23.6 Å². The van der Waals surface area contributed by atoms with Crippen LogP contribution in [0.25, 0.3) is 0 Å². The molecule has 1 heterocycles. The number of carbonyl (C=O) groups excluding carboxylic acids is 4. The van der Waals surface area contributed by atoms with Gasteiger partial charge in [-0.15, -0.1) is 0 Å². The predicted molar refractivity (Wildman–Crippen MR) is 116 cm³/mol. The first-order valence-electron chi connectivity index (χ1n) is 10.3. The van der Waals surface area contributed by atoms with Gasteiger partial charge in [-0.1, -0.05) is 13.8 Å². The minimum absolute atomic E-state index is 0.0108. The normalized spacial score (nSPS) is 18.6. The molecule has 31 heavy (non-hydrogen) atoms. The van der Waals surface area contributed by atoms with Gasteiger partial charge in [0.05, 0.1) is 6.04 Å². The molecule has 1 fully saturated rings. The molecule has 1 saturated heterocycles. The van der Waals surface area contributed by atoms with Gasteiger partial charge in [-0.3, -0.25) is 19.2 Å². The number of carboxylic acids is 1. The van der Waals surface area contributed by atoms with E-state index < -0.39 is 47.9 Å². The molecule has 0 bridgehead atoms. The van der Waals surface area contributed by atoms with Crippen LogP contribution in [0.1, 0.15) is 46.0 Å². The first kappa shape index (κ1) is 26.7. The molecule has 0 radical (unpaired) electrons. The fourth-order valence-electron chi connectivity index (χ4n) is 3.17. The summed E-state index contributed by atoms with van der Waals surface area (Å²) in [6, 6.07) is -3.72. The largest absolute Gasteiger partial charge is 0.480 e. The maximum atomic E-state index is 12.9. The van der Waals surface area contributed by atoms with Crippen molar-refractivity contribution < 1.29 is 29.1 Å². The quantitative estimate of drug-likeness (QED) is 0.164. The Hall–Kier alpha value is -2.34. The molecule has 4 unspecified atom stereocenters. The van der Waals surface area contributed by atoms with E-state index in [1.54, 1.807) is 0 Å². The average molecular weight is 460 g/mol. The van der Waals surface area contributed by atoms with Gasteiger partial charge in [0, 0.05) is 12.2 Å². The summed E-state index contributed by atoms with van der Waals surface area (Å²) in [5.74, 6) is -3.65. The van der Waals surface area contributed by atoms with Gasteiger partial charge < -0.3 is 32.1 Å². The Morgan fingerprint density at radius 3 is 2.16 bits per heavy atom. The molecule has 0 aromatic heterocycles. The number of nitrogens with one attached hydrogen (secondary N) is 4. The van der Waals surface area contributed by atoms with Crippen molar-refractivity contribution in [3.8, 4) is 0 Å². The molecule has 0 aromatic rings. The van der Waals surface area contributed by atoms with Gasteiger partial charge in [0.15, 0.2) is 0 Å². The second kappa shape index (κ2) is 13.2. The second-order valence-electron chi connectivity index (χ2n) is 7.99. The summed E-state index contributed by atoms with van der Waals surface area (Å²) in [4.78, 5) is 60.3. The van der Waals surface area contributed by atoms with Crippen molar-refractivity contribution in [1.29, 1.82) is 0 Å². The minimum Gasteiger partial charge on any atom is -0.480 e.